The fourth-order valence-corrected chi connectivity index (χ4v) is 1.70. The molecule has 0 spiro atoms. The maximum Gasteiger partial charge on any atom is 0.303 e. The first-order valence-corrected chi connectivity index (χ1v) is 6.67. The molecule has 0 atom stereocenters. The molecule has 0 aliphatic heterocycles. The van der Waals surface area contributed by atoms with Crippen molar-refractivity contribution in [2.24, 2.45) is 0 Å². The molecule has 1 N–H and O–H groups in total. The largest absolute Gasteiger partial charge is 0.481 e. The lowest BCUT2D eigenvalue weighted by molar-refractivity contribution is -0.137. The number of carbonyl (C=O) groups is 1. The summed E-state index contributed by atoms with van der Waals surface area (Å²) in [4.78, 5) is 12.4. The van der Waals surface area contributed by atoms with E-state index in [0.29, 0.717) is 19.6 Å². The van der Waals surface area contributed by atoms with Crippen LogP contribution in [0, 0.1) is 11.8 Å². The van der Waals surface area contributed by atoms with E-state index in [1.165, 1.54) is 0 Å². The Morgan fingerprint density at radius 2 is 2.00 bits per heavy atom. The van der Waals surface area contributed by atoms with Crippen LogP contribution in [0.5, 0.6) is 0 Å². The lowest BCUT2D eigenvalue weighted by Gasteiger charge is -2.19. The van der Waals surface area contributed by atoms with Crippen LogP contribution in [0.1, 0.15) is 25.3 Å². The van der Waals surface area contributed by atoms with Crippen LogP contribution in [-0.2, 0) is 9.53 Å². The zero-order valence-electron chi connectivity index (χ0n) is 12.1. The van der Waals surface area contributed by atoms with E-state index in [2.05, 4.69) is 16.7 Å². The summed E-state index contributed by atoms with van der Waals surface area (Å²) < 4.78 is 5.41. The number of hydrogen-bond acceptors (Lipinski definition) is 3. The number of rotatable bonds is 8. The Morgan fingerprint density at radius 1 is 1.30 bits per heavy atom. The van der Waals surface area contributed by atoms with E-state index in [1.807, 2.05) is 38.2 Å². The highest BCUT2D eigenvalue weighted by atomic mass is 16.5. The standard InChI is InChI=1S/C16H21NO3/c1-3-5-14-7-9-15(10-8-14)17(2)11-13-20-12-4-6-16(18)19/h7-10H,4,6,11-13H2,1-2H3,(H,18,19). The average Bonchev–Trinajstić information content (AvgIpc) is 2.43. The first kappa shape index (κ1) is 16.1. The minimum Gasteiger partial charge on any atom is -0.481 e. The van der Waals surface area contributed by atoms with Crippen molar-refractivity contribution < 1.29 is 14.6 Å². The number of aliphatic carboxylic acids is 1. The number of nitrogens with zero attached hydrogens (tertiary/aromatic N) is 1. The Morgan fingerprint density at radius 3 is 2.60 bits per heavy atom. The van der Waals surface area contributed by atoms with Gasteiger partial charge in [-0.25, -0.2) is 0 Å². The number of likely N-dealkylation sites (N-methyl/N-ethyl adjacent to an activating group) is 1. The van der Waals surface area contributed by atoms with Crippen LogP contribution in [0.3, 0.4) is 0 Å². The van der Waals surface area contributed by atoms with Gasteiger partial charge in [0.25, 0.3) is 0 Å². The molecule has 1 rings (SSSR count). The summed E-state index contributed by atoms with van der Waals surface area (Å²) in [5.41, 5.74) is 2.12. The molecule has 20 heavy (non-hydrogen) atoms. The molecule has 0 saturated heterocycles. The Kier molecular flexibility index (Phi) is 7.23. The highest BCUT2D eigenvalue weighted by Crippen LogP contribution is 2.13. The molecule has 0 radical (unpaired) electrons. The third-order valence-electron chi connectivity index (χ3n) is 2.83. The summed E-state index contributed by atoms with van der Waals surface area (Å²) in [6, 6.07) is 8.06. The molecule has 0 heterocycles. The Hall–Kier alpha value is -1.99. The van der Waals surface area contributed by atoms with Crippen LogP contribution in [0.25, 0.3) is 0 Å². The van der Waals surface area contributed by atoms with Gasteiger partial charge in [-0.15, -0.1) is 5.92 Å². The summed E-state index contributed by atoms with van der Waals surface area (Å²) in [6.07, 6.45) is 0.721. The molecular formula is C16H21NO3. The number of carboxylic acid groups (broad SMARTS) is 1. The second-order valence-electron chi connectivity index (χ2n) is 4.45. The SMILES string of the molecule is CC#Cc1ccc(N(C)CCOCCCC(=O)O)cc1. The molecule has 4 heteroatoms. The fraction of sp³-hybridized carbons (Fsp3) is 0.438. The predicted octanol–water partition coefficient (Wildman–Crippen LogP) is 2.38. The number of ether oxygens (including phenoxy) is 1. The summed E-state index contributed by atoms with van der Waals surface area (Å²) >= 11 is 0. The second-order valence-corrected chi connectivity index (χ2v) is 4.45. The van der Waals surface area contributed by atoms with Gasteiger partial charge in [-0.1, -0.05) is 5.92 Å². The predicted molar refractivity (Wildman–Crippen MR) is 80.0 cm³/mol. The first-order chi connectivity index (χ1) is 9.63. The molecule has 108 valence electrons. The number of benzene rings is 1. The van der Waals surface area contributed by atoms with Crippen molar-refractivity contribution in [3.63, 3.8) is 0 Å². The van der Waals surface area contributed by atoms with Crippen LogP contribution in [0.15, 0.2) is 24.3 Å². The first-order valence-electron chi connectivity index (χ1n) is 6.67. The monoisotopic (exact) mass is 275 g/mol. The van der Waals surface area contributed by atoms with Gasteiger partial charge in [0.2, 0.25) is 0 Å². The van der Waals surface area contributed by atoms with E-state index < -0.39 is 5.97 Å². The molecule has 1 aromatic rings. The van der Waals surface area contributed by atoms with Gasteiger partial charge in [-0.3, -0.25) is 4.79 Å². The number of anilines is 1. The van der Waals surface area contributed by atoms with Crippen molar-refractivity contribution in [1.29, 1.82) is 0 Å². The zero-order valence-corrected chi connectivity index (χ0v) is 12.1. The van der Waals surface area contributed by atoms with Gasteiger partial charge < -0.3 is 14.7 Å². The van der Waals surface area contributed by atoms with Crippen LogP contribution >= 0.6 is 0 Å². The van der Waals surface area contributed by atoms with Gasteiger partial charge >= 0.3 is 5.97 Å². The number of hydrogen-bond donors (Lipinski definition) is 1. The highest BCUT2D eigenvalue weighted by molar-refractivity contribution is 5.66. The summed E-state index contributed by atoms with van der Waals surface area (Å²) in [6.45, 7) is 3.67. The van der Waals surface area contributed by atoms with Gasteiger partial charge in [0.15, 0.2) is 0 Å². The summed E-state index contributed by atoms with van der Waals surface area (Å²) in [7, 11) is 2.00. The lowest BCUT2D eigenvalue weighted by Crippen LogP contribution is -2.22. The van der Waals surface area contributed by atoms with Crippen molar-refractivity contribution >= 4 is 11.7 Å². The second kappa shape index (κ2) is 9.00. The van der Waals surface area contributed by atoms with Crippen molar-refractivity contribution in [3.8, 4) is 11.8 Å². The molecule has 1 aromatic carbocycles. The smallest absolute Gasteiger partial charge is 0.303 e. The number of carboxylic acids is 1. The molecule has 0 fully saturated rings. The van der Waals surface area contributed by atoms with Gasteiger partial charge in [-0.05, 0) is 37.6 Å². The molecule has 0 unspecified atom stereocenters. The minimum absolute atomic E-state index is 0.162. The molecule has 0 aromatic heterocycles. The normalized spacial score (nSPS) is 9.70. The maximum atomic E-state index is 10.3. The van der Waals surface area contributed by atoms with Crippen LogP contribution in [0.4, 0.5) is 5.69 Å². The highest BCUT2D eigenvalue weighted by Gasteiger charge is 2.01. The third-order valence-corrected chi connectivity index (χ3v) is 2.83. The maximum absolute atomic E-state index is 10.3. The fourth-order valence-electron chi connectivity index (χ4n) is 1.70. The van der Waals surface area contributed by atoms with E-state index in [4.69, 9.17) is 9.84 Å². The topological polar surface area (TPSA) is 49.8 Å². The average molecular weight is 275 g/mol. The molecular weight excluding hydrogens is 254 g/mol. The summed E-state index contributed by atoms with van der Waals surface area (Å²) in [5, 5.41) is 8.49. The van der Waals surface area contributed by atoms with Crippen molar-refractivity contribution in [1.82, 2.24) is 0 Å². The minimum atomic E-state index is -0.777. The molecule has 0 amide bonds. The van der Waals surface area contributed by atoms with Crippen molar-refractivity contribution in [2.75, 3.05) is 31.7 Å². The van der Waals surface area contributed by atoms with Gasteiger partial charge in [0.1, 0.15) is 0 Å². The third kappa shape index (κ3) is 6.26. The zero-order chi connectivity index (χ0) is 14.8. The van der Waals surface area contributed by atoms with E-state index in [9.17, 15) is 4.79 Å². The Bertz CT molecular complexity index is 471. The van der Waals surface area contributed by atoms with Crippen molar-refractivity contribution in [3.05, 3.63) is 29.8 Å². The van der Waals surface area contributed by atoms with E-state index in [1.54, 1.807) is 0 Å². The van der Waals surface area contributed by atoms with Gasteiger partial charge in [0.05, 0.1) is 6.61 Å². The van der Waals surface area contributed by atoms with E-state index >= 15 is 0 Å². The molecule has 0 aliphatic carbocycles. The van der Waals surface area contributed by atoms with Crippen molar-refractivity contribution in [2.45, 2.75) is 19.8 Å². The van der Waals surface area contributed by atoms with E-state index in [-0.39, 0.29) is 6.42 Å². The van der Waals surface area contributed by atoms with E-state index in [0.717, 1.165) is 17.8 Å². The molecule has 0 aliphatic rings. The van der Waals surface area contributed by atoms with Crippen LogP contribution < -0.4 is 4.90 Å². The molecule has 4 nitrogen and oxygen atoms in total. The van der Waals surface area contributed by atoms with Crippen LogP contribution in [-0.4, -0.2) is 37.9 Å². The molecule has 0 saturated carbocycles. The lowest BCUT2D eigenvalue weighted by atomic mass is 10.2. The Labute approximate surface area is 120 Å². The summed E-state index contributed by atoms with van der Waals surface area (Å²) in [5.74, 6) is 5.10. The Balaban J connectivity index is 2.26. The quantitative estimate of drug-likeness (QED) is 0.584. The molecule has 0 bridgehead atoms. The van der Waals surface area contributed by atoms with Crippen LogP contribution in [0.2, 0.25) is 0 Å². The van der Waals surface area contributed by atoms with Gasteiger partial charge in [0, 0.05) is 37.9 Å². The van der Waals surface area contributed by atoms with Gasteiger partial charge in [-0.2, -0.15) is 0 Å².